The van der Waals surface area contributed by atoms with Crippen LogP contribution in [0.4, 0.5) is 5.69 Å². The number of anilines is 1. The molecule has 6 heteroatoms. The highest BCUT2D eigenvalue weighted by Crippen LogP contribution is 2.25. The highest BCUT2D eigenvalue weighted by atomic mass is 32.2. The van der Waals surface area contributed by atoms with Crippen LogP contribution in [0.5, 0.6) is 0 Å². The second-order valence-corrected chi connectivity index (χ2v) is 8.67. The lowest BCUT2D eigenvalue weighted by Crippen LogP contribution is -2.36. The average Bonchev–Trinajstić information content (AvgIpc) is 2.78. The van der Waals surface area contributed by atoms with Crippen LogP contribution in [0.3, 0.4) is 0 Å². The Kier molecular flexibility index (Phi) is 6.45. The third kappa shape index (κ3) is 4.89. The van der Waals surface area contributed by atoms with Crippen molar-refractivity contribution in [2.75, 3.05) is 4.31 Å². The highest BCUT2D eigenvalue weighted by Gasteiger charge is 2.17. The number of hydrogen-bond acceptors (Lipinski definition) is 3. The van der Waals surface area contributed by atoms with Gasteiger partial charge in [0.2, 0.25) is 0 Å². The van der Waals surface area contributed by atoms with E-state index in [1.807, 2.05) is 42.5 Å². The number of nitrogens with one attached hydrogen (secondary N) is 1. The summed E-state index contributed by atoms with van der Waals surface area (Å²) in [5, 5.41) is 5.15. The zero-order valence-electron chi connectivity index (χ0n) is 16.8. The number of benzene rings is 3. The molecule has 1 unspecified atom stereocenters. The van der Waals surface area contributed by atoms with Gasteiger partial charge in [-0.2, -0.15) is 0 Å². The first kappa shape index (κ1) is 20.6. The predicted molar refractivity (Wildman–Crippen MR) is 120 cm³/mol. The molecule has 1 aliphatic rings. The van der Waals surface area contributed by atoms with E-state index in [9.17, 15) is 13.6 Å². The van der Waals surface area contributed by atoms with Crippen molar-refractivity contribution in [1.82, 2.24) is 5.32 Å². The fourth-order valence-electron chi connectivity index (χ4n) is 4.05. The summed E-state index contributed by atoms with van der Waals surface area (Å²) in [6.07, 6.45) is 5.59. The minimum absolute atomic E-state index is 0.0933. The molecule has 0 radical (unpaired) electrons. The van der Waals surface area contributed by atoms with Crippen LogP contribution in [0.1, 0.15) is 48.0 Å². The molecule has 0 spiro atoms. The molecule has 3 aromatic carbocycles. The molecule has 0 heterocycles. The molecule has 30 heavy (non-hydrogen) atoms. The van der Waals surface area contributed by atoms with Gasteiger partial charge in [0.25, 0.3) is 5.91 Å². The van der Waals surface area contributed by atoms with Crippen LogP contribution in [-0.2, 0) is 17.8 Å². The third-order valence-electron chi connectivity index (χ3n) is 5.66. The molecular weight excluding hydrogens is 396 g/mol. The van der Waals surface area contributed by atoms with E-state index < -0.39 is 11.3 Å². The fourth-order valence-corrected chi connectivity index (χ4v) is 4.59. The van der Waals surface area contributed by atoms with Crippen molar-refractivity contribution in [2.45, 2.75) is 44.7 Å². The Morgan fingerprint density at radius 3 is 2.50 bits per heavy atom. The smallest absolute Gasteiger partial charge is 0.251 e. The van der Waals surface area contributed by atoms with Crippen molar-refractivity contribution >= 4 is 33.6 Å². The van der Waals surface area contributed by atoms with Crippen LogP contribution in [0.2, 0.25) is 0 Å². The van der Waals surface area contributed by atoms with Crippen LogP contribution < -0.4 is 9.62 Å². The molecule has 1 aliphatic carbocycles. The molecule has 1 amide bonds. The summed E-state index contributed by atoms with van der Waals surface area (Å²) < 4.78 is 25.2. The normalized spacial score (nSPS) is 15.6. The summed E-state index contributed by atoms with van der Waals surface area (Å²) >= 11 is -2.44. The molecule has 156 valence electrons. The predicted octanol–water partition coefficient (Wildman–Crippen LogP) is 4.70. The maximum absolute atomic E-state index is 12.7. The molecule has 0 aromatic heterocycles. The van der Waals surface area contributed by atoms with Gasteiger partial charge in [-0.15, -0.1) is 0 Å². The largest absolute Gasteiger partial charge is 0.755 e. The van der Waals surface area contributed by atoms with E-state index in [1.54, 1.807) is 24.3 Å². The molecule has 1 saturated carbocycles. The third-order valence-corrected chi connectivity index (χ3v) is 6.36. The summed E-state index contributed by atoms with van der Waals surface area (Å²) in [6, 6.07) is 20.9. The molecule has 0 bridgehead atoms. The molecule has 0 saturated heterocycles. The lowest BCUT2D eigenvalue weighted by atomic mass is 9.95. The van der Waals surface area contributed by atoms with Gasteiger partial charge in [-0.25, -0.2) is 0 Å². The van der Waals surface area contributed by atoms with Gasteiger partial charge in [0.15, 0.2) is 0 Å². The van der Waals surface area contributed by atoms with E-state index in [1.165, 1.54) is 10.7 Å². The van der Waals surface area contributed by atoms with Gasteiger partial charge in [-0.3, -0.25) is 13.3 Å². The number of rotatable bonds is 6. The van der Waals surface area contributed by atoms with Crippen molar-refractivity contribution < 1.29 is 13.6 Å². The van der Waals surface area contributed by atoms with E-state index in [0.29, 0.717) is 11.3 Å². The monoisotopic (exact) mass is 421 g/mol. The lowest BCUT2D eigenvalue weighted by Gasteiger charge is -2.27. The Hall–Kier alpha value is -2.70. The summed E-state index contributed by atoms with van der Waals surface area (Å²) in [5.74, 6) is -0.0933. The van der Waals surface area contributed by atoms with Crippen LogP contribution in [-0.4, -0.2) is 20.7 Å². The maximum atomic E-state index is 12.7. The van der Waals surface area contributed by atoms with Crippen LogP contribution in [0.15, 0.2) is 66.7 Å². The van der Waals surface area contributed by atoms with Gasteiger partial charge in [0, 0.05) is 28.6 Å². The Labute approximate surface area is 179 Å². The van der Waals surface area contributed by atoms with Crippen LogP contribution >= 0.6 is 0 Å². The first-order valence-corrected chi connectivity index (χ1v) is 11.4. The van der Waals surface area contributed by atoms with Crippen molar-refractivity contribution in [3.8, 4) is 0 Å². The Balaban J connectivity index is 1.52. The summed E-state index contributed by atoms with van der Waals surface area (Å²) in [5.41, 5.74) is 1.93. The van der Waals surface area contributed by atoms with Gasteiger partial charge in [-0.1, -0.05) is 61.7 Å². The zero-order chi connectivity index (χ0) is 20.9. The molecule has 5 nitrogen and oxygen atoms in total. The van der Waals surface area contributed by atoms with Gasteiger partial charge < -0.3 is 9.87 Å². The number of hydrogen-bond donors (Lipinski definition) is 1. The zero-order valence-corrected chi connectivity index (χ0v) is 17.6. The summed E-state index contributed by atoms with van der Waals surface area (Å²) in [7, 11) is 0. The molecule has 0 aliphatic heterocycles. The quantitative estimate of drug-likeness (QED) is 0.586. The lowest BCUT2D eigenvalue weighted by molar-refractivity contribution is 0.0927. The van der Waals surface area contributed by atoms with E-state index >= 15 is 0 Å². The molecule has 1 N–H and O–H groups in total. The number of amides is 1. The van der Waals surface area contributed by atoms with E-state index in [2.05, 4.69) is 5.32 Å². The SMILES string of the molecule is O=C(NC1CCCCC1)c1cccc(CN(c2ccc3ccccc3c2)S(=O)[O-])c1. The number of nitrogens with zero attached hydrogens (tertiary/aromatic N) is 1. The first-order valence-electron chi connectivity index (χ1n) is 10.4. The second kappa shape index (κ2) is 9.41. The molecular formula is C24H25N2O3S-. The minimum Gasteiger partial charge on any atom is -0.755 e. The minimum atomic E-state index is -2.44. The topological polar surface area (TPSA) is 72.5 Å². The first-order chi connectivity index (χ1) is 14.6. The van der Waals surface area contributed by atoms with Gasteiger partial charge >= 0.3 is 0 Å². The Morgan fingerprint density at radius 2 is 1.73 bits per heavy atom. The molecule has 4 rings (SSSR count). The van der Waals surface area contributed by atoms with Gasteiger partial charge in [-0.05, 0) is 53.4 Å². The highest BCUT2D eigenvalue weighted by molar-refractivity contribution is 7.80. The number of carbonyl (C=O) groups excluding carboxylic acids is 1. The van der Waals surface area contributed by atoms with Crippen molar-refractivity contribution in [2.24, 2.45) is 0 Å². The maximum Gasteiger partial charge on any atom is 0.251 e. The Morgan fingerprint density at radius 1 is 0.967 bits per heavy atom. The van der Waals surface area contributed by atoms with E-state index in [4.69, 9.17) is 0 Å². The van der Waals surface area contributed by atoms with Crippen molar-refractivity contribution in [3.63, 3.8) is 0 Å². The van der Waals surface area contributed by atoms with Crippen molar-refractivity contribution in [3.05, 3.63) is 77.9 Å². The van der Waals surface area contributed by atoms with E-state index in [0.717, 1.165) is 42.0 Å². The van der Waals surface area contributed by atoms with Crippen LogP contribution in [0, 0.1) is 0 Å². The van der Waals surface area contributed by atoms with Gasteiger partial charge in [0.1, 0.15) is 0 Å². The number of fused-ring (bicyclic) bond motifs is 1. The molecule has 1 fully saturated rings. The second-order valence-electron chi connectivity index (χ2n) is 7.79. The summed E-state index contributed by atoms with van der Waals surface area (Å²) in [4.78, 5) is 12.7. The summed E-state index contributed by atoms with van der Waals surface area (Å²) in [6.45, 7) is 0.166. The molecule has 3 aromatic rings. The number of carbonyl (C=O) groups is 1. The van der Waals surface area contributed by atoms with Gasteiger partial charge in [0.05, 0.1) is 6.54 Å². The van der Waals surface area contributed by atoms with E-state index in [-0.39, 0.29) is 18.5 Å². The molecule has 1 atom stereocenters. The van der Waals surface area contributed by atoms with Crippen LogP contribution in [0.25, 0.3) is 10.8 Å². The Bertz CT molecular complexity index is 1060. The average molecular weight is 422 g/mol. The van der Waals surface area contributed by atoms with Crippen molar-refractivity contribution in [1.29, 1.82) is 0 Å². The standard InChI is InChI=1S/C24H26N2O3S/c27-24(25-22-11-2-1-3-12-22)21-10-6-7-18(15-21)17-26(30(28)29)23-14-13-19-8-4-5-9-20(19)16-23/h4-10,13-16,22H,1-3,11-12,17H2,(H,25,27)(H,28,29)/p-1. The fraction of sp³-hybridized carbons (Fsp3) is 0.292.